The van der Waals surface area contributed by atoms with Gasteiger partial charge in [0.05, 0.1) is 17.7 Å². The first-order chi connectivity index (χ1) is 18.2. The molecule has 0 aliphatic rings. The van der Waals surface area contributed by atoms with Crippen LogP contribution < -0.4 is 14.4 Å². The van der Waals surface area contributed by atoms with Crippen LogP contribution in [0.5, 0.6) is 5.75 Å². The predicted octanol–water partition coefficient (Wildman–Crippen LogP) is 3.97. The van der Waals surface area contributed by atoms with Crippen molar-refractivity contribution in [2.45, 2.75) is 37.8 Å². The van der Waals surface area contributed by atoms with Gasteiger partial charge >= 0.3 is 0 Å². The largest absolute Gasteiger partial charge is 0.497 e. The lowest BCUT2D eigenvalue weighted by molar-refractivity contribution is -0.139. The summed E-state index contributed by atoms with van der Waals surface area (Å²) in [6.07, 6.45) is 0.696. The van der Waals surface area contributed by atoms with Gasteiger partial charge in [-0.15, -0.1) is 0 Å². The standard InChI is InChI=1S/C28H32FN3O5S/c1-4-18-30-28(34)21(2)31(19-22-10-8-9-13-26(22)29)27(33)20-32(23-11-6-5-7-12-23)38(35,36)25-16-14-24(37-3)15-17-25/h5-17,21H,4,18-20H2,1-3H3,(H,30,34)/t21-/m1/s1. The normalized spacial score (nSPS) is 11.9. The molecule has 3 aromatic carbocycles. The van der Waals surface area contributed by atoms with Crippen LogP contribution in [0.4, 0.5) is 10.1 Å². The van der Waals surface area contributed by atoms with Gasteiger partial charge in [0.25, 0.3) is 10.0 Å². The van der Waals surface area contributed by atoms with E-state index in [2.05, 4.69) is 5.32 Å². The first-order valence-electron chi connectivity index (χ1n) is 12.2. The zero-order chi connectivity index (χ0) is 27.7. The molecule has 0 heterocycles. The van der Waals surface area contributed by atoms with Crippen molar-refractivity contribution in [3.63, 3.8) is 0 Å². The minimum atomic E-state index is -4.19. The van der Waals surface area contributed by atoms with E-state index in [0.29, 0.717) is 18.7 Å². The molecular weight excluding hydrogens is 509 g/mol. The van der Waals surface area contributed by atoms with Crippen LogP contribution in [0.2, 0.25) is 0 Å². The smallest absolute Gasteiger partial charge is 0.264 e. The van der Waals surface area contributed by atoms with E-state index in [9.17, 15) is 22.4 Å². The number of carbonyl (C=O) groups excluding carboxylic acids is 2. The monoisotopic (exact) mass is 541 g/mol. The molecule has 38 heavy (non-hydrogen) atoms. The predicted molar refractivity (Wildman–Crippen MR) is 144 cm³/mol. The van der Waals surface area contributed by atoms with Crippen molar-refractivity contribution in [3.8, 4) is 5.75 Å². The average Bonchev–Trinajstić information content (AvgIpc) is 2.94. The van der Waals surface area contributed by atoms with E-state index < -0.39 is 40.2 Å². The van der Waals surface area contributed by atoms with Crippen LogP contribution in [0.15, 0.2) is 83.8 Å². The molecule has 0 saturated carbocycles. The van der Waals surface area contributed by atoms with Gasteiger partial charge in [-0.2, -0.15) is 0 Å². The molecule has 3 aromatic rings. The number of hydrogen-bond acceptors (Lipinski definition) is 5. The molecule has 8 nitrogen and oxygen atoms in total. The summed E-state index contributed by atoms with van der Waals surface area (Å²) in [5, 5.41) is 2.75. The first-order valence-corrected chi connectivity index (χ1v) is 13.7. The molecule has 202 valence electrons. The van der Waals surface area contributed by atoms with Crippen molar-refractivity contribution in [1.29, 1.82) is 0 Å². The molecule has 0 bridgehead atoms. The third kappa shape index (κ3) is 6.89. The van der Waals surface area contributed by atoms with E-state index in [0.717, 1.165) is 4.31 Å². The second-order valence-corrected chi connectivity index (χ2v) is 10.5. The van der Waals surface area contributed by atoms with Gasteiger partial charge in [0.2, 0.25) is 11.8 Å². The van der Waals surface area contributed by atoms with Crippen LogP contribution in [-0.4, -0.2) is 51.4 Å². The lowest BCUT2D eigenvalue weighted by atomic mass is 10.1. The average molecular weight is 542 g/mol. The fraction of sp³-hybridized carbons (Fsp3) is 0.286. The number of anilines is 1. The molecule has 0 spiro atoms. The van der Waals surface area contributed by atoms with Gasteiger partial charge in [-0.05, 0) is 55.8 Å². The maximum absolute atomic E-state index is 14.5. The van der Waals surface area contributed by atoms with E-state index in [-0.39, 0.29) is 22.7 Å². The third-order valence-electron chi connectivity index (χ3n) is 5.99. The lowest BCUT2D eigenvalue weighted by Crippen LogP contribution is -2.51. The Balaban J connectivity index is 2.00. The van der Waals surface area contributed by atoms with Crippen LogP contribution >= 0.6 is 0 Å². The molecule has 0 aliphatic carbocycles. The summed E-state index contributed by atoms with van der Waals surface area (Å²) in [5.74, 6) is -1.12. The molecule has 2 amide bonds. The van der Waals surface area contributed by atoms with E-state index >= 15 is 0 Å². The Labute approximate surface area is 223 Å². The quantitative estimate of drug-likeness (QED) is 0.374. The van der Waals surface area contributed by atoms with Crippen molar-refractivity contribution in [2.24, 2.45) is 0 Å². The molecule has 0 radical (unpaired) electrons. The number of para-hydroxylation sites is 1. The fourth-order valence-corrected chi connectivity index (χ4v) is 5.20. The SMILES string of the molecule is CCCNC(=O)[C@@H](C)N(Cc1ccccc1F)C(=O)CN(c1ccccc1)S(=O)(=O)c1ccc(OC)cc1. The Bertz CT molecular complexity index is 1330. The van der Waals surface area contributed by atoms with Gasteiger partial charge in [-0.3, -0.25) is 13.9 Å². The van der Waals surface area contributed by atoms with E-state index in [1.54, 1.807) is 36.4 Å². The molecular formula is C28H32FN3O5S. The Morgan fingerprint density at radius 3 is 2.21 bits per heavy atom. The van der Waals surface area contributed by atoms with Gasteiger partial charge in [0.1, 0.15) is 24.2 Å². The highest BCUT2D eigenvalue weighted by molar-refractivity contribution is 7.92. The zero-order valence-corrected chi connectivity index (χ0v) is 22.4. The van der Waals surface area contributed by atoms with Gasteiger partial charge in [-0.25, -0.2) is 12.8 Å². The molecule has 0 fully saturated rings. The molecule has 0 saturated heterocycles. The lowest BCUT2D eigenvalue weighted by Gasteiger charge is -2.32. The maximum Gasteiger partial charge on any atom is 0.264 e. The maximum atomic E-state index is 14.5. The number of hydrogen-bond donors (Lipinski definition) is 1. The highest BCUT2D eigenvalue weighted by Gasteiger charge is 2.32. The van der Waals surface area contributed by atoms with E-state index in [1.807, 2.05) is 6.92 Å². The number of benzene rings is 3. The highest BCUT2D eigenvalue weighted by atomic mass is 32.2. The molecule has 1 atom stereocenters. The van der Waals surface area contributed by atoms with Crippen molar-refractivity contribution >= 4 is 27.5 Å². The molecule has 0 unspecified atom stereocenters. The van der Waals surface area contributed by atoms with Crippen molar-refractivity contribution in [3.05, 3.63) is 90.2 Å². The molecule has 0 aromatic heterocycles. The minimum Gasteiger partial charge on any atom is -0.497 e. The number of nitrogens with one attached hydrogen (secondary N) is 1. The van der Waals surface area contributed by atoms with Crippen LogP contribution in [0, 0.1) is 5.82 Å². The second kappa shape index (κ2) is 13.0. The molecule has 10 heteroatoms. The number of halogens is 1. The number of carbonyl (C=O) groups is 2. The van der Waals surface area contributed by atoms with Gasteiger partial charge in [-0.1, -0.05) is 43.3 Å². The Hall–Kier alpha value is -3.92. The first kappa shape index (κ1) is 28.6. The minimum absolute atomic E-state index is 0.0376. The topological polar surface area (TPSA) is 96.0 Å². The number of sulfonamides is 1. The van der Waals surface area contributed by atoms with Gasteiger partial charge in [0, 0.05) is 18.7 Å². The molecule has 1 N–H and O–H groups in total. The van der Waals surface area contributed by atoms with Crippen molar-refractivity contribution < 1.29 is 27.1 Å². The number of nitrogens with zero attached hydrogens (tertiary/aromatic N) is 2. The third-order valence-corrected chi connectivity index (χ3v) is 7.77. The van der Waals surface area contributed by atoms with Crippen LogP contribution in [0.1, 0.15) is 25.8 Å². The van der Waals surface area contributed by atoms with Gasteiger partial charge in [0.15, 0.2) is 0 Å². The molecule has 0 aliphatic heterocycles. The number of methoxy groups -OCH3 is 1. The van der Waals surface area contributed by atoms with Gasteiger partial charge < -0.3 is 15.0 Å². The fourth-order valence-electron chi connectivity index (χ4n) is 3.79. The summed E-state index contributed by atoms with van der Waals surface area (Å²) in [4.78, 5) is 27.7. The Morgan fingerprint density at radius 2 is 1.61 bits per heavy atom. The summed E-state index contributed by atoms with van der Waals surface area (Å²) >= 11 is 0. The van der Waals surface area contributed by atoms with E-state index in [4.69, 9.17) is 4.74 Å². The summed E-state index contributed by atoms with van der Waals surface area (Å²) < 4.78 is 48.1. The summed E-state index contributed by atoms with van der Waals surface area (Å²) in [6.45, 7) is 3.03. The van der Waals surface area contributed by atoms with Crippen LogP contribution in [0.25, 0.3) is 0 Å². The van der Waals surface area contributed by atoms with Crippen molar-refractivity contribution in [1.82, 2.24) is 10.2 Å². The number of rotatable bonds is 12. The molecule has 3 rings (SSSR count). The zero-order valence-electron chi connectivity index (χ0n) is 21.6. The number of amides is 2. The Kier molecular flexibility index (Phi) is 9.84. The summed E-state index contributed by atoms with van der Waals surface area (Å²) in [6, 6.07) is 19.0. The van der Waals surface area contributed by atoms with Crippen LogP contribution in [0.3, 0.4) is 0 Å². The highest BCUT2D eigenvalue weighted by Crippen LogP contribution is 2.26. The van der Waals surface area contributed by atoms with E-state index in [1.165, 1.54) is 61.4 Å². The number of ether oxygens (including phenoxy) is 1. The van der Waals surface area contributed by atoms with Crippen LogP contribution in [-0.2, 0) is 26.2 Å². The van der Waals surface area contributed by atoms with Crippen molar-refractivity contribution in [2.75, 3.05) is 24.5 Å². The second-order valence-electron chi connectivity index (χ2n) is 8.60. The Morgan fingerprint density at radius 1 is 0.974 bits per heavy atom. The summed E-state index contributed by atoms with van der Waals surface area (Å²) in [5.41, 5.74) is 0.478. The summed E-state index contributed by atoms with van der Waals surface area (Å²) in [7, 11) is -2.72.